The summed E-state index contributed by atoms with van der Waals surface area (Å²) in [6, 6.07) is 4.75. The van der Waals surface area contributed by atoms with E-state index >= 15 is 0 Å². The van der Waals surface area contributed by atoms with E-state index in [0.717, 1.165) is 9.86 Å². The monoisotopic (exact) mass is 273 g/mol. The van der Waals surface area contributed by atoms with Crippen LogP contribution in [0, 0.1) is 0 Å². The lowest BCUT2D eigenvalue weighted by molar-refractivity contribution is 0.468. The maximum Gasteiger partial charge on any atom is 0.290 e. The number of halogens is 2. The van der Waals surface area contributed by atoms with E-state index in [1.165, 1.54) is 6.07 Å². The highest BCUT2D eigenvalue weighted by atomic mass is 79.9. The Bertz CT molecular complexity index is 564. The van der Waals surface area contributed by atoms with Crippen molar-refractivity contribution in [2.24, 2.45) is 0 Å². The molecule has 0 saturated carbocycles. The van der Waals surface area contributed by atoms with E-state index in [2.05, 4.69) is 20.9 Å². The number of benzene rings is 1. The molecule has 14 heavy (non-hydrogen) atoms. The highest BCUT2D eigenvalue weighted by Crippen LogP contribution is 2.27. The van der Waals surface area contributed by atoms with Gasteiger partial charge in [0.1, 0.15) is 0 Å². The van der Waals surface area contributed by atoms with Crippen LogP contribution in [0.4, 0.5) is 0 Å². The Kier molecular flexibility index (Phi) is 2.25. The largest absolute Gasteiger partial charge is 0.503 e. The van der Waals surface area contributed by atoms with Crippen LogP contribution >= 0.6 is 27.5 Å². The first-order valence-corrected chi connectivity index (χ1v) is 4.96. The van der Waals surface area contributed by atoms with Gasteiger partial charge < -0.3 is 10.1 Å². The fourth-order valence-electron chi connectivity index (χ4n) is 1.19. The van der Waals surface area contributed by atoms with Crippen LogP contribution in [0.15, 0.2) is 27.5 Å². The van der Waals surface area contributed by atoms with Gasteiger partial charge in [-0.1, -0.05) is 11.6 Å². The number of H-pyrrole nitrogens is 1. The minimum atomic E-state index is -0.518. The zero-order valence-corrected chi connectivity index (χ0v) is 9.19. The summed E-state index contributed by atoms with van der Waals surface area (Å²) >= 11 is 9.10. The molecular weight excluding hydrogens is 269 g/mol. The standard InChI is InChI=1S/C9H5BrClNO2/c10-5-1-4-2-8(13)9(14)12-7(4)3-6(5)11/h1-3,13H,(H,12,14). The van der Waals surface area contributed by atoms with E-state index in [1.807, 2.05) is 0 Å². The number of aromatic nitrogens is 1. The van der Waals surface area contributed by atoms with Crippen molar-refractivity contribution in [3.63, 3.8) is 0 Å². The summed E-state index contributed by atoms with van der Waals surface area (Å²) in [6.45, 7) is 0. The molecule has 0 aliphatic rings. The number of hydrogen-bond donors (Lipinski definition) is 2. The number of nitrogens with one attached hydrogen (secondary N) is 1. The number of fused-ring (bicyclic) bond motifs is 1. The average molecular weight is 275 g/mol. The molecule has 0 spiro atoms. The van der Waals surface area contributed by atoms with Crippen LogP contribution in [0.3, 0.4) is 0 Å². The van der Waals surface area contributed by atoms with Crippen LogP contribution in [-0.2, 0) is 0 Å². The summed E-state index contributed by atoms with van der Waals surface area (Å²) in [5, 5.41) is 10.4. The lowest BCUT2D eigenvalue weighted by Gasteiger charge is -2.01. The van der Waals surface area contributed by atoms with Crippen molar-refractivity contribution in [1.82, 2.24) is 4.98 Å². The van der Waals surface area contributed by atoms with Crippen LogP contribution in [0.5, 0.6) is 5.75 Å². The van der Waals surface area contributed by atoms with Gasteiger partial charge in [-0.15, -0.1) is 0 Å². The van der Waals surface area contributed by atoms with Gasteiger partial charge in [0.25, 0.3) is 5.56 Å². The molecule has 2 aromatic rings. The third-order valence-corrected chi connectivity index (χ3v) is 3.06. The fourth-order valence-corrected chi connectivity index (χ4v) is 1.71. The summed E-state index contributed by atoms with van der Waals surface area (Å²) in [7, 11) is 0. The molecule has 1 heterocycles. The summed E-state index contributed by atoms with van der Waals surface area (Å²) in [5.41, 5.74) is 0.0805. The molecule has 1 aromatic heterocycles. The fraction of sp³-hybridized carbons (Fsp3) is 0. The van der Waals surface area contributed by atoms with Crippen molar-refractivity contribution >= 4 is 38.4 Å². The second-order valence-electron chi connectivity index (χ2n) is 2.84. The summed E-state index contributed by atoms with van der Waals surface area (Å²) < 4.78 is 0.720. The Balaban J connectivity index is 2.90. The third-order valence-electron chi connectivity index (χ3n) is 1.87. The highest BCUT2D eigenvalue weighted by Gasteiger charge is 2.04. The molecule has 2 rings (SSSR count). The van der Waals surface area contributed by atoms with E-state index in [0.29, 0.717) is 10.5 Å². The molecule has 0 fully saturated rings. The molecule has 0 saturated heterocycles. The summed E-state index contributed by atoms with van der Waals surface area (Å²) in [5.74, 6) is -0.299. The van der Waals surface area contributed by atoms with Crippen LogP contribution in [0.1, 0.15) is 0 Å². The predicted molar refractivity (Wildman–Crippen MR) is 58.9 cm³/mol. The van der Waals surface area contributed by atoms with Gasteiger partial charge in [0.2, 0.25) is 0 Å². The van der Waals surface area contributed by atoms with E-state index in [1.54, 1.807) is 12.1 Å². The van der Waals surface area contributed by atoms with Crippen LogP contribution in [0.25, 0.3) is 10.9 Å². The second kappa shape index (κ2) is 3.29. The van der Waals surface area contributed by atoms with Crippen LogP contribution in [-0.4, -0.2) is 10.1 Å². The van der Waals surface area contributed by atoms with Gasteiger partial charge >= 0.3 is 0 Å². The van der Waals surface area contributed by atoms with Gasteiger partial charge in [0.15, 0.2) is 5.75 Å². The number of aromatic amines is 1. The molecule has 0 radical (unpaired) electrons. The molecular formula is C9H5BrClNO2. The second-order valence-corrected chi connectivity index (χ2v) is 4.10. The van der Waals surface area contributed by atoms with Crippen molar-refractivity contribution in [3.05, 3.63) is 38.0 Å². The predicted octanol–water partition coefficient (Wildman–Crippen LogP) is 2.65. The van der Waals surface area contributed by atoms with Crippen molar-refractivity contribution in [1.29, 1.82) is 0 Å². The number of hydrogen-bond acceptors (Lipinski definition) is 2. The first-order valence-electron chi connectivity index (χ1n) is 3.79. The third kappa shape index (κ3) is 1.51. The van der Waals surface area contributed by atoms with Crippen molar-refractivity contribution in [2.75, 3.05) is 0 Å². The first-order chi connectivity index (χ1) is 6.58. The normalized spacial score (nSPS) is 10.7. The molecule has 72 valence electrons. The van der Waals surface area contributed by atoms with E-state index in [9.17, 15) is 9.90 Å². The van der Waals surface area contributed by atoms with E-state index in [4.69, 9.17) is 11.6 Å². The summed E-state index contributed by atoms with van der Waals surface area (Å²) in [4.78, 5) is 13.6. The number of aromatic hydroxyl groups is 1. The SMILES string of the molecule is O=c1[nH]c2cc(Cl)c(Br)cc2cc1O. The molecule has 1 aromatic carbocycles. The number of rotatable bonds is 0. The first kappa shape index (κ1) is 9.55. The Morgan fingerprint density at radius 2 is 2.07 bits per heavy atom. The van der Waals surface area contributed by atoms with Gasteiger partial charge in [-0.2, -0.15) is 0 Å². The lowest BCUT2D eigenvalue weighted by Crippen LogP contribution is -2.04. The number of pyridine rings is 1. The summed E-state index contributed by atoms with van der Waals surface area (Å²) in [6.07, 6.45) is 0. The molecule has 5 heteroatoms. The molecule has 0 atom stereocenters. The lowest BCUT2D eigenvalue weighted by atomic mass is 10.2. The highest BCUT2D eigenvalue weighted by molar-refractivity contribution is 9.10. The van der Waals surface area contributed by atoms with Crippen LogP contribution in [0.2, 0.25) is 5.02 Å². The smallest absolute Gasteiger partial charge is 0.290 e. The van der Waals surface area contributed by atoms with Gasteiger partial charge in [-0.25, -0.2) is 0 Å². The minimum Gasteiger partial charge on any atom is -0.503 e. The maximum atomic E-state index is 11.1. The quantitative estimate of drug-likeness (QED) is 0.776. The molecule has 0 aliphatic carbocycles. The van der Waals surface area contributed by atoms with E-state index in [-0.39, 0.29) is 5.75 Å². The molecule has 0 aliphatic heterocycles. The van der Waals surface area contributed by atoms with Gasteiger partial charge in [-0.05, 0) is 34.1 Å². The zero-order chi connectivity index (χ0) is 10.3. The molecule has 2 N–H and O–H groups in total. The molecule has 3 nitrogen and oxygen atoms in total. The Hall–Kier alpha value is -1.00. The Labute approximate surface area is 92.5 Å². The molecule has 0 amide bonds. The Morgan fingerprint density at radius 3 is 2.79 bits per heavy atom. The van der Waals surface area contributed by atoms with Gasteiger partial charge in [-0.3, -0.25) is 4.79 Å². The van der Waals surface area contributed by atoms with Crippen molar-refractivity contribution < 1.29 is 5.11 Å². The van der Waals surface area contributed by atoms with Crippen molar-refractivity contribution in [3.8, 4) is 5.75 Å². The Morgan fingerprint density at radius 1 is 1.36 bits per heavy atom. The van der Waals surface area contributed by atoms with Gasteiger partial charge in [0, 0.05) is 9.86 Å². The zero-order valence-electron chi connectivity index (χ0n) is 6.84. The maximum absolute atomic E-state index is 11.1. The topological polar surface area (TPSA) is 53.1 Å². The average Bonchev–Trinajstić information content (AvgIpc) is 2.11. The van der Waals surface area contributed by atoms with E-state index < -0.39 is 5.56 Å². The van der Waals surface area contributed by atoms with Crippen molar-refractivity contribution in [2.45, 2.75) is 0 Å². The van der Waals surface area contributed by atoms with Gasteiger partial charge in [0.05, 0.1) is 10.5 Å². The van der Waals surface area contributed by atoms with Crippen LogP contribution < -0.4 is 5.56 Å². The minimum absolute atomic E-state index is 0.299. The molecule has 0 unspecified atom stereocenters. The molecule has 0 bridgehead atoms.